The lowest BCUT2D eigenvalue weighted by molar-refractivity contribution is 0.0948. The van der Waals surface area contributed by atoms with Crippen LogP contribution in [0.25, 0.3) is 0 Å². The van der Waals surface area contributed by atoms with E-state index in [4.69, 9.17) is 5.84 Å². The normalized spacial score (nSPS) is 10.2. The van der Waals surface area contributed by atoms with Crippen LogP contribution in [-0.4, -0.2) is 17.9 Å². The fourth-order valence-electron chi connectivity index (χ4n) is 2.09. The van der Waals surface area contributed by atoms with Crippen LogP contribution in [0.3, 0.4) is 0 Å². The summed E-state index contributed by atoms with van der Waals surface area (Å²) in [6.45, 7) is 2.69. The largest absolute Gasteiger partial charge is 0.368 e. The Morgan fingerprint density at radius 1 is 1.25 bits per heavy atom. The molecule has 3 N–H and O–H groups in total. The van der Waals surface area contributed by atoms with Crippen LogP contribution in [0.1, 0.15) is 21.7 Å². The number of rotatable bonds is 4. The van der Waals surface area contributed by atoms with Gasteiger partial charge in [0.15, 0.2) is 0 Å². The molecular weight excluding hydrogens is 252 g/mol. The van der Waals surface area contributed by atoms with E-state index in [0.29, 0.717) is 12.2 Å². The van der Waals surface area contributed by atoms with Gasteiger partial charge in [0.25, 0.3) is 5.91 Å². The van der Waals surface area contributed by atoms with Gasteiger partial charge in [-0.15, -0.1) is 0 Å². The van der Waals surface area contributed by atoms with Gasteiger partial charge in [0.05, 0.1) is 12.2 Å². The highest BCUT2D eigenvalue weighted by Gasteiger charge is 2.09. The number of anilines is 1. The van der Waals surface area contributed by atoms with E-state index >= 15 is 0 Å². The Morgan fingerprint density at radius 2 is 2.00 bits per heavy atom. The van der Waals surface area contributed by atoms with Crippen molar-refractivity contribution in [3.05, 3.63) is 59.4 Å². The summed E-state index contributed by atoms with van der Waals surface area (Å²) in [7, 11) is 2.00. The van der Waals surface area contributed by atoms with E-state index in [2.05, 4.69) is 34.4 Å². The van der Waals surface area contributed by atoms with E-state index in [1.54, 1.807) is 12.1 Å². The molecular formula is C15H18N4O. The Morgan fingerprint density at radius 3 is 2.70 bits per heavy atom. The third kappa shape index (κ3) is 3.13. The number of nitrogens with two attached hydrogens (primary N) is 1. The van der Waals surface area contributed by atoms with Gasteiger partial charge in [-0.2, -0.15) is 0 Å². The van der Waals surface area contributed by atoms with E-state index in [1.165, 1.54) is 5.56 Å². The van der Waals surface area contributed by atoms with Crippen LogP contribution in [0.5, 0.6) is 0 Å². The summed E-state index contributed by atoms with van der Waals surface area (Å²) in [5, 5.41) is 0. The number of hydrazine groups is 1. The van der Waals surface area contributed by atoms with Crippen molar-refractivity contribution in [2.24, 2.45) is 5.84 Å². The van der Waals surface area contributed by atoms with E-state index < -0.39 is 0 Å². The Hall–Kier alpha value is -2.40. The third-order valence-corrected chi connectivity index (χ3v) is 3.10. The number of nitrogen functional groups attached to an aromatic ring is 1. The zero-order valence-corrected chi connectivity index (χ0v) is 11.6. The highest BCUT2D eigenvalue weighted by molar-refractivity contribution is 5.91. The van der Waals surface area contributed by atoms with Crippen LogP contribution < -0.4 is 16.2 Å². The van der Waals surface area contributed by atoms with Crippen molar-refractivity contribution in [1.82, 2.24) is 10.4 Å². The molecule has 0 aliphatic carbocycles. The molecule has 0 saturated carbocycles. The predicted molar refractivity (Wildman–Crippen MR) is 79.2 cm³/mol. The van der Waals surface area contributed by atoms with Crippen molar-refractivity contribution in [3.63, 3.8) is 0 Å². The molecule has 0 fully saturated rings. The molecule has 0 unspecified atom stereocenters. The van der Waals surface area contributed by atoms with Gasteiger partial charge in [-0.25, -0.2) is 10.8 Å². The van der Waals surface area contributed by atoms with Crippen molar-refractivity contribution in [3.8, 4) is 0 Å². The maximum atomic E-state index is 11.5. The molecule has 2 rings (SSSR count). The van der Waals surface area contributed by atoms with Crippen molar-refractivity contribution in [2.45, 2.75) is 13.5 Å². The van der Waals surface area contributed by atoms with Gasteiger partial charge in [0.2, 0.25) is 0 Å². The van der Waals surface area contributed by atoms with Crippen LogP contribution in [0.2, 0.25) is 0 Å². The Bertz CT molecular complexity index is 612. The first-order chi connectivity index (χ1) is 9.61. The summed E-state index contributed by atoms with van der Waals surface area (Å²) < 4.78 is 0. The van der Waals surface area contributed by atoms with Gasteiger partial charge < -0.3 is 4.90 Å². The highest BCUT2D eigenvalue weighted by Crippen LogP contribution is 2.19. The summed E-state index contributed by atoms with van der Waals surface area (Å²) in [6, 6.07) is 13.5. The molecule has 0 atom stereocenters. The van der Waals surface area contributed by atoms with E-state index in [-0.39, 0.29) is 5.91 Å². The van der Waals surface area contributed by atoms with Crippen molar-refractivity contribution < 1.29 is 4.79 Å². The second-order valence-corrected chi connectivity index (χ2v) is 4.63. The monoisotopic (exact) mass is 270 g/mol. The maximum absolute atomic E-state index is 11.5. The molecule has 1 aromatic heterocycles. The standard InChI is InChI=1S/C15H18N4O/c1-11-6-3-4-9-14(11)19(2)10-12-7-5-8-13(17-12)15(20)18-16/h3-9H,10,16H2,1-2H3,(H,18,20). The van der Waals surface area contributed by atoms with Crippen LogP contribution in [0, 0.1) is 6.92 Å². The number of aryl methyl sites for hydroxylation is 1. The summed E-state index contributed by atoms with van der Waals surface area (Å²) in [6.07, 6.45) is 0. The lowest BCUT2D eigenvalue weighted by Gasteiger charge is -2.21. The number of carbonyl (C=O) groups excluding carboxylic acids is 1. The number of aromatic nitrogens is 1. The summed E-state index contributed by atoms with van der Waals surface area (Å²) in [4.78, 5) is 17.9. The predicted octanol–water partition coefficient (Wildman–Crippen LogP) is 1.63. The molecule has 1 amide bonds. The Kier molecular flexibility index (Phi) is 4.32. The number of para-hydroxylation sites is 1. The highest BCUT2D eigenvalue weighted by atomic mass is 16.2. The molecule has 0 spiro atoms. The number of pyridine rings is 1. The second-order valence-electron chi connectivity index (χ2n) is 4.63. The van der Waals surface area contributed by atoms with Crippen LogP contribution in [0.4, 0.5) is 5.69 Å². The zero-order chi connectivity index (χ0) is 14.5. The Labute approximate surface area is 118 Å². The molecule has 0 aliphatic heterocycles. The van der Waals surface area contributed by atoms with E-state index in [1.807, 2.05) is 25.2 Å². The summed E-state index contributed by atoms with van der Waals surface area (Å²) in [5.41, 5.74) is 5.57. The minimum atomic E-state index is -0.384. The molecule has 104 valence electrons. The van der Waals surface area contributed by atoms with Crippen LogP contribution in [-0.2, 0) is 6.54 Å². The second kappa shape index (κ2) is 6.16. The van der Waals surface area contributed by atoms with Gasteiger partial charge in [-0.05, 0) is 30.7 Å². The molecule has 0 aliphatic rings. The minimum Gasteiger partial charge on any atom is -0.368 e. The minimum absolute atomic E-state index is 0.322. The number of nitrogens with one attached hydrogen (secondary N) is 1. The molecule has 5 nitrogen and oxygen atoms in total. The molecule has 0 radical (unpaired) electrons. The molecule has 0 bridgehead atoms. The summed E-state index contributed by atoms with van der Waals surface area (Å²) in [5.74, 6) is 4.73. The number of carbonyl (C=O) groups is 1. The molecule has 2 aromatic rings. The van der Waals surface area contributed by atoms with Gasteiger partial charge in [-0.3, -0.25) is 10.2 Å². The topological polar surface area (TPSA) is 71.2 Å². The lowest BCUT2D eigenvalue weighted by atomic mass is 10.2. The Balaban J connectivity index is 2.18. The number of hydrogen-bond acceptors (Lipinski definition) is 4. The SMILES string of the molecule is Cc1ccccc1N(C)Cc1cccc(C(=O)NN)n1. The van der Waals surface area contributed by atoms with Crippen molar-refractivity contribution in [1.29, 1.82) is 0 Å². The molecule has 0 saturated heterocycles. The smallest absolute Gasteiger partial charge is 0.283 e. The van der Waals surface area contributed by atoms with E-state index in [0.717, 1.165) is 11.4 Å². The summed E-state index contributed by atoms with van der Waals surface area (Å²) >= 11 is 0. The number of amides is 1. The third-order valence-electron chi connectivity index (χ3n) is 3.10. The number of benzene rings is 1. The average Bonchev–Trinajstić information content (AvgIpc) is 2.47. The first kappa shape index (κ1) is 14.0. The average molecular weight is 270 g/mol. The molecule has 1 heterocycles. The number of hydrogen-bond donors (Lipinski definition) is 2. The van der Waals surface area contributed by atoms with E-state index in [9.17, 15) is 4.79 Å². The van der Waals surface area contributed by atoms with Gasteiger partial charge in [0.1, 0.15) is 5.69 Å². The fourth-order valence-corrected chi connectivity index (χ4v) is 2.09. The van der Waals surface area contributed by atoms with Crippen molar-refractivity contribution in [2.75, 3.05) is 11.9 Å². The zero-order valence-electron chi connectivity index (χ0n) is 11.6. The van der Waals surface area contributed by atoms with Gasteiger partial charge in [0, 0.05) is 12.7 Å². The van der Waals surface area contributed by atoms with Crippen LogP contribution in [0.15, 0.2) is 42.5 Å². The van der Waals surface area contributed by atoms with Crippen LogP contribution >= 0.6 is 0 Å². The van der Waals surface area contributed by atoms with Gasteiger partial charge >= 0.3 is 0 Å². The first-order valence-electron chi connectivity index (χ1n) is 6.35. The quantitative estimate of drug-likeness (QED) is 0.503. The van der Waals surface area contributed by atoms with Gasteiger partial charge in [-0.1, -0.05) is 24.3 Å². The van der Waals surface area contributed by atoms with Crippen molar-refractivity contribution >= 4 is 11.6 Å². The first-order valence-corrected chi connectivity index (χ1v) is 6.35. The molecule has 5 heteroatoms. The fraction of sp³-hybridized carbons (Fsp3) is 0.200. The lowest BCUT2D eigenvalue weighted by Crippen LogP contribution is -2.31. The molecule has 1 aromatic carbocycles. The maximum Gasteiger partial charge on any atom is 0.283 e. The molecule has 20 heavy (non-hydrogen) atoms. The number of nitrogens with zero attached hydrogens (tertiary/aromatic N) is 2.